The van der Waals surface area contributed by atoms with Crippen LogP contribution in [0, 0.1) is 6.92 Å². The van der Waals surface area contributed by atoms with Gasteiger partial charge in [0.05, 0.1) is 30.4 Å². The predicted molar refractivity (Wildman–Crippen MR) is 136 cm³/mol. The quantitative estimate of drug-likeness (QED) is 0.508. The van der Waals surface area contributed by atoms with Crippen LogP contribution < -0.4 is 13.9 Å². The van der Waals surface area contributed by atoms with Crippen molar-refractivity contribution in [3.63, 3.8) is 0 Å². The number of carbonyl (C=O) groups is 1. The van der Waals surface area contributed by atoms with Crippen LogP contribution in [0.4, 0.5) is 17.1 Å². The summed E-state index contributed by atoms with van der Waals surface area (Å²) in [5.74, 6) is -0.407. The monoisotopic (exact) mass is 501 g/mol. The number of sulfonamides is 2. The molecule has 0 saturated heterocycles. The number of carbonyl (C=O) groups excluding carboxylic acids is 1. The van der Waals surface area contributed by atoms with Crippen LogP contribution in [0.5, 0.6) is 0 Å². The Balaban J connectivity index is 1.78. The number of amides is 1. The summed E-state index contributed by atoms with van der Waals surface area (Å²) in [6, 6.07) is 20.3. The summed E-state index contributed by atoms with van der Waals surface area (Å²) in [4.78, 5) is 12.7. The Labute approximate surface area is 200 Å². The number of hydrogen-bond donors (Lipinski definition) is 1. The molecule has 0 bridgehead atoms. The van der Waals surface area contributed by atoms with Crippen molar-refractivity contribution >= 4 is 43.0 Å². The summed E-state index contributed by atoms with van der Waals surface area (Å²) in [5.41, 5.74) is 3.54. The van der Waals surface area contributed by atoms with E-state index < -0.39 is 26.0 Å². The Bertz CT molecular complexity index is 1390. The Morgan fingerprint density at radius 2 is 1.44 bits per heavy atom. The van der Waals surface area contributed by atoms with E-state index in [0.717, 1.165) is 27.9 Å². The molecule has 0 fully saturated rings. The Morgan fingerprint density at radius 1 is 0.824 bits per heavy atom. The molecule has 8 nitrogen and oxygen atoms in total. The predicted octanol–water partition coefficient (Wildman–Crippen LogP) is 3.61. The molecular formula is C24H27N3O5S2. The first kappa shape index (κ1) is 25.3. The van der Waals surface area contributed by atoms with E-state index >= 15 is 0 Å². The van der Waals surface area contributed by atoms with Gasteiger partial charge in [0.25, 0.3) is 5.91 Å². The third kappa shape index (κ3) is 6.36. The smallest absolute Gasteiger partial charge is 0.255 e. The molecule has 0 spiro atoms. The highest BCUT2D eigenvalue weighted by atomic mass is 32.2. The van der Waals surface area contributed by atoms with Crippen molar-refractivity contribution in [2.24, 2.45) is 0 Å². The van der Waals surface area contributed by atoms with Gasteiger partial charge < -0.3 is 5.32 Å². The second kappa shape index (κ2) is 9.86. The standard InChI is InChI=1S/C24H27N3O5S2/c1-18-8-10-19(11-9-18)17-27(34(4,31)32)22-14-12-20(13-15-22)24(28)25-21-6-5-7-23(16-21)26(2)33(3,29)30/h5-16H,17H2,1-4H3,(H,25,28). The van der Waals surface area contributed by atoms with Gasteiger partial charge in [0, 0.05) is 18.3 Å². The van der Waals surface area contributed by atoms with E-state index in [9.17, 15) is 21.6 Å². The van der Waals surface area contributed by atoms with Gasteiger partial charge in [-0.3, -0.25) is 13.4 Å². The maximum atomic E-state index is 12.7. The minimum Gasteiger partial charge on any atom is -0.322 e. The molecule has 34 heavy (non-hydrogen) atoms. The molecule has 0 aromatic heterocycles. The first-order chi connectivity index (χ1) is 15.8. The number of nitrogens with one attached hydrogen (secondary N) is 1. The molecule has 1 amide bonds. The molecule has 10 heteroatoms. The van der Waals surface area contributed by atoms with Crippen LogP contribution in [0.3, 0.4) is 0 Å². The van der Waals surface area contributed by atoms with Gasteiger partial charge in [0.15, 0.2) is 0 Å². The van der Waals surface area contributed by atoms with Crippen molar-refractivity contribution in [3.8, 4) is 0 Å². The lowest BCUT2D eigenvalue weighted by atomic mass is 10.1. The molecule has 3 rings (SSSR count). The van der Waals surface area contributed by atoms with Gasteiger partial charge in [-0.2, -0.15) is 0 Å². The highest BCUT2D eigenvalue weighted by Crippen LogP contribution is 2.23. The minimum atomic E-state index is -3.55. The van der Waals surface area contributed by atoms with E-state index in [-0.39, 0.29) is 6.54 Å². The summed E-state index contributed by atoms with van der Waals surface area (Å²) in [6.45, 7) is 2.13. The Hall–Kier alpha value is -3.37. The van der Waals surface area contributed by atoms with Crippen LogP contribution >= 0.6 is 0 Å². The maximum Gasteiger partial charge on any atom is 0.255 e. The molecule has 3 aromatic rings. The van der Waals surface area contributed by atoms with Crippen LogP contribution in [-0.2, 0) is 26.6 Å². The minimum absolute atomic E-state index is 0.172. The summed E-state index contributed by atoms with van der Waals surface area (Å²) in [5, 5.41) is 2.74. The molecule has 0 aliphatic heterocycles. The van der Waals surface area contributed by atoms with E-state index in [1.165, 1.54) is 11.4 Å². The van der Waals surface area contributed by atoms with Gasteiger partial charge in [-0.05, 0) is 55.0 Å². The summed E-state index contributed by atoms with van der Waals surface area (Å²) < 4.78 is 50.8. The van der Waals surface area contributed by atoms with Crippen molar-refractivity contribution in [1.29, 1.82) is 0 Å². The molecule has 0 unspecified atom stereocenters. The number of rotatable bonds is 8. The normalized spacial score (nSPS) is 11.6. The second-order valence-electron chi connectivity index (χ2n) is 8.04. The van der Waals surface area contributed by atoms with Gasteiger partial charge in [0.2, 0.25) is 20.0 Å². The molecule has 0 heterocycles. The lowest BCUT2D eigenvalue weighted by molar-refractivity contribution is 0.102. The lowest BCUT2D eigenvalue weighted by Gasteiger charge is -2.23. The molecule has 1 N–H and O–H groups in total. The van der Waals surface area contributed by atoms with Gasteiger partial charge in [-0.1, -0.05) is 35.9 Å². The fourth-order valence-electron chi connectivity index (χ4n) is 3.21. The zero-order valence-corrected chi connectivity index (χ0v) is 21.0. The second-order valence-corrected chi connectivity index (χ2v) is 12.0. The molecule has 180 valence electrons. The number of benzene rings is 3. The molecular weight excluding hydrogens is 474 g/mol. The van der Waals surface area contributed by atoms with Crippen molar-refractivity contribution in [1.82, 2.24) is 0 Å². The molecule has 0 aliphatic rings. The third-order valence-corrected chi connectivity index (χ3v) is 7.58. The number of anilines is 3. The lowest BCUT2D eigenvalue weighted by Crippen LogP contribution is -2.29. The third-order valence-electron chi connectivity index (χ3n) is 5.23. The van der Waals surface area contributed by atoms with Crippen LogP contribution in [-0.4, -0.2) is 42.3 Å². The van der Waals surface area contributed by atoms with Crippen LogP contribution in [0.2, 0.25) is 0 Å². The maximum absolute atomic E-state index is 12.7. The molecule has 0 atom stereocenters. The highest BCUT2D eigenvalue weighted by Gasteiger charge is 2.19. The number of aryl methyl sites for hydroxylation is 1. The van der Waals surface area contributed by atoms with Crippen LogP contribution in [0.1, 0.15) is 21.5 Å². The van der Waals surface area contributed by atoms with Gasteiger partial charge in [0.1, 0.15) is 0 Å². The Kier molecular flexibility index (Phi) is 7.32. The van der Waals surface area contributed by atoms with E-state index in [0.29, 0.717) is 22.6 Å². The fraction of sp³-hybridized carbons (Fsp3) is 0.208. The average molecular weight is 502 g/mol. The first-order valence-electron chi connectivity index (χ1n) is 10.3. The molecule has 3 aromatic carbocycles. The SMILES string of the molecule is Cc1ccc(CN(c2ccc(C(=O)Nc3cccc(N(C)S(C)(=O)=O)c3)cc2)S(C)(=O)=O)cc1. The zero-order chi connectivity index (χ0) is 25.1. The van der Waals surface area contributed by atoms with E-state index in [1.807, 2.05) is 31.2 Å². The van der Waals surface area contributed by atoms with E-state index in [1.54, 1.807) is 48.5 Å². The topological polar surface area (TPSA) is 104 Å². The fourth-order valence-corrected chi connectivity index (χ4v) is 4.60. The Morgan fingerprint density at radius 3 is 2.00 bits per heavy atom. The van der Waals surface area contributed by atoms with Gasteiger partial charge in [-0.25, -0.2) is 16.8 Å². The van der Waals surface area contributed by atoms with Crippen LogP contribution in [0.25, 0.3) is 0 Å². The molecule has 0 radical (unpaired) electrons. The number of hydrogen-bond acceptors (Lipinski definition) is 5. The van der Waals surface area contributed by atoms with Crippen LogP contribution in [0.15, 0.2) is 72.8 Å². The van der Waals surface area contributed by atoms with Gasteiger partial charge in [-0.15, -0.1) is 0 Å². The summed E-state index contributed by atoms with van der Waals surface area (Å²) in [7, 11) is -5.56. The summed E-state index contributed by atoms with van der Waals surface area (Å²) in [6.07, 6.45) is 2.24. The van der Waals surface area contributed by atoms with Gasteiger partial charge >= 0.3 is 0 Å². The van der Waals surface area contributed by atoms with E-state index in [4.69, 9.17) is 0 Å². The number of nitrogens with zero attached hydrogens (tertiary/aromatic N) is 2. The zero-order valence-electron chi connectivity index (χ0n) is 19.4. The highest BCUT2D eigenvalue weighted by molar-refractivity contribution is 7.92. The molecule has 0 saturated carbocycles. The van der Waals surface area contributed by atoms with Crippen molar-refractivity contribution < 1.29 is 21.6 Å². The average Bonchev–Trinajstić information content (AvgIpc) is 2.77. The molecule has 0 aliphatic carbocycles. The van der Waals surface area contributed by atoms with Crippen molar-refractivity contribution in [2.75, 3.05) is 33.5 Å². The largest absolute Gasteiger partial charge is 0.322 e. The van der Waals surface area contributed by atoms with Crippen molar-refractivity contribution in [2.45, 2.75) is 13.5 Å². The first-order valence-corrected chi connectivity index (χ1v) is 14.0. The van der Waals surface area contributed by atoms with Crippen molar-refractivity contribution in [3.05, 3.63) is 89.5 Å². The summed E-state index contributed by atoms with van der Waals surface area (Å²) >= 11 is 0. The van der Waals surface area contributed by atoms with E-state index in [2.05, 4.69) is 5.32 Å².